The van der Waals surface area contributed by atoms with Crippen LogP contribution in [-0.4, -0.2) is 12.0 Å². The molecule has 0 aromatic heterocycles. The SMILES string of the molecule is CCc1cccc2c1OC(F)(F)C(=O)N2Cc1cc(F)cc(C#N)c1. The number of anilines is 1. The van der Waals surface area contributed by atoms with Crippen LogP contribution >= 0.6 is 0 Å². The van der Waals surface area contributed by atoms with E-state index in [0.29, 0.717) is 12.0 Å². The smallest absolute Gasteiger partial charge is 0.423 e. The molecule has 0 radical (unpaired) electrons. The standard InChI is InChI=1S/C18H13F3N2O2/c1-2-13-4-3-5-15-16(13)25-18(20,21)17(24)23(15)10-12-6-11(9-22)7-14(19)8-12/h3-8H,2,10H2,1H3. The zero-order chi connectivity index (χ0) is 18.2. The largest absolute Gasteiger partial charge is 0.483 e. The van der Waals surface area contributed by atoms with E-state index in [1.54, 1.807) is 25.1 Å². The molecule has 0 saturated heterocycles. The molecule has 25 heavy (non-hydrogen) atoms. The van der Waals surface area contributed by atoms with E-state index in [9.17, 15) is 18.0 Å². The summed E-state index contributed by atoms with van der Waals surface area (Å²) in [5, 5.41) is 8.92. The number of nitriles is 1. The van der Waals surface area contributed by atoms with E-state index in [1.165, 1.54) is 12.1 Å². The van der Waals surface area contributed by atoms with E-state index < -0.39 is 17.8 Å². The highest BCUT2D eigenvalue weighted by Crippen LogP contribution is 2.42. The Labute approximate surface area is 142 Å². The highest BCUT2D eigenvalue weighted by Gasteiger charge is 2.51. The van der Waals surface area contributed by atoms with Gasteiger partial charge < -0.3 is 4.74 Å². The van der Waals surface area contributed by atoms with Crippen molar-refractivity contribution in [2.45, 2.75) is 26.0 Å². The van der Waals surface area contributed by atoms with Crippen molar-refractivity contribution >= 4 is 11.6 Å². The highest BCUT2D eigenvalue weighted by atomic mass is 19.3. The summed E-state index contributed by atoms with van der Waals surface area (Å²) in [5.74, 6) is -2.27. The third-order valence-electron chi connectivity index (χ3n) is 3.90. The zero-order valence-electron chi connectivity index (χ0n) is 13.2. The molecule has 2 aromatic rings. The van der Waals surface area contributed by atoms with Crippen LogP contribution in [0.2, 0.25) is 0 Å². The van der Waals surface area contributed by atoms with Crippen LogP contribution in [0.15, 0.2) is 36.4 Å². The van der Waals surface area contributed by atoms with Gasteiger partial charge in [-0.1, -0.05) is 19.1 Å². The summed E-state index contributed by atoms with van der Waals surface area (Å²) in [6.45, 7) is 1.48. The Morgan fingerprint density at radius 2 is 2.04 bits per heavy atom. The lowest BCUT2D eigenvalue weighted by molar-refractivity contribution is -0.193. The summed E-state index contributed by atoms with van der Waals surface area (Å²) >= 11 is 0. The molecule has 1 heterocycles. The number of hydrogen-bond donors (Lipinski definition) is 0. The van der Waals surface area contributed by atoms with Gasteiger partial charge in [0, 0.05) is 0 Å². The van der Waals surface area contributed by atoms with E-state index in [0.717, 1.165) is 17.0 Å². The predicted octanol–water partition coefficient (Wildman–Crippen LogP) is 3.78. The third kappa shape index (κ3) is 3.03. The summed E-state index contributed by atoms with van der Waals surface area (Å²) in [5.41, 5.74) is 1.00. The number of fused-ring (bicyclic) bond motifs is 1. The Bertz CT molecular complexity index is 890. The van der Waals surface area contributed by atoms with Crippen molar-refractivity contribution < 1.29 is 22.7 Å². The second-order valence-corrected chi connectivity index (χ2v) is 5.59. The van der Waals surface area contributed by atoms with Gasteiger partial charge in [-0.15, -0.1) is 0 Å². The van der Waals surface area contributed by atoms with Gasteiger partial charge in [-0.3, -0.25) is 9.69 Å². The number of halogens is 3. The number of nitrogens with zero attached hydrogens (tertiary/aromatic N) is 2. The average molecular weight is 346 g/mol. The van der Waals surface area contributed by atoms with Crippen molar-refractivity contribution in [1.29, 1.82) is 5.26 Å². The lowest BCUT2D eigenvalue weighted by Gasteiger charge is -2.34. The number of ether oxygens (including phenoxy) is 1. The van der Waals surface area contributed by atoms with Crippen LogP contribution in [0.3, 0.4) is 0 Å². The summed E-state index contributed by atoms with van der Waals surface area (Å²) in [7, 11) is 0. The maximum Gasteiger partial charge on any atom is 0.483 e. The van der Waals surface area contributed by atoms with Gasteiger partial charge in [-0.25, -0.2) is 4.39 Å². The molecule has 3 rings (SSSR count). The number of rotatable bonds is 3. The molecule has 0 spiro atoms. The van der Waals surface area contributed by atoms with Crippen molar-refractivity contribution in [2.75, 3.05) is 4.90 Å². The number of carbonyl (C=O) groups is 1. The molecule has 2 aromatic carbocycles. The first-order valence-electron chi connectivity index (χ1n) is 7.56. The number of hydrogen-bond acceptors (Lipinski definition) is 3. The predicted molar refractivity (Wildman–Crippen MR) is 83.7 cm³/mol. The molecule has 4 nitrogen and oxygen atoms in total. The molecule has 1 aliphatic heterocycles. The first-order valence-corrected chi connectivity index (χ1v) is 7.56. The van der Waals surface area contributed by atoms with E-state index in [-0.39, 0.29) is 29.1 Å². The quantitative estimate of drug-likeness (QED) is 0.850. The van der Waals surface area contributed by atoms with Gasteiger partial charge in [0.1, 0.15) is 5.82 Å². The van der Waals surface area contributed by atoms with Gasteiger partial charge in [0.15, 0.2) is 5.75 Å². The van der Waals surface area contributed by atoms with E-state index in [1.807, 2.05) is 0 Å². The molecule has 0 N–H and O–H groups in total. The molecule has 0 aliphatic carbocycles. The fourth-order valence-corrected chi connectivity index (χ4v) is 2.76. The minimum atomic E-state index is -4.01. The molecule has 1 aliphatic rings. The van der Waals surface area contributed by atoms with Crippen LogP contribution in [0.1, 0.15) is 23.6 Å². The molecule has 0 fully saturated rings. The number of amides is 1. The lowest BCUT2D eigenvalue weighted by atomic mass is 10.1. The Hall–Kier alpha value is -3.01. The van der Waals surface area contributed by atoms with Gasteiger partial charge >= 0.3 is 12.0 Å². The normalized spacial score (nSPS) is 15.3. The summed E-state index contributed by atoms with van der Waals surface area (Å²) in [6.07, 6.45) is -3.57. The highest BCUT2D eigenvalue weighted by molar-refractivity contribution is 6.01. The summed E-state index contributed by atoms with van der Waals surface area (Å²) < 4.78 is 46.3. The molecule has 0 unspecified atom stereocenters. The monoisotopic (exact) mass is 346 g/mol. The van der Waals surface area contributed by atoms with Gasteiger partial charge in [-0.2, -0.15) is 14.0 Å². The maximum atomic E-state index is 14.0. The molecular weight excluding hydrogens is 333 g/mol. The van der Waals surface area contributed by atoms with Crippen molar-refractivity contribution in [3.8, 4) is 11.8 Å². The summed E-state index contributed by atoms with van der Waals surface area (Å²) in [4.78, 5) is 13.0. The van der Waals surface area contributed by atoms with Crippen LogP contribution in [0.25, 0.3) is 0 Å². The minimum Gasteiger partial charge on any atom is -0.423 e. The number of carbonyl (C=O) groups excluding carboxylic acids is 1. The Balaban J connectivity index is 2.08. The first kappa shape index (κ1) is 16.8. The third-order valence-corrected chi connectivity index (χ3v) is 3.90. The topological polar surface area (TPSA) is 53.3 Å². The van der Waals surface area contributed by atoms with Crippen LogP contribution < -0.4 is 9.64 Å². The summed E-state index contributed by atoms with van der Waals surface area (Å²) in [6, 6.07) is 10.0. The van der Waals surface area contributed by atoms with E-state index in [2.05, 4.69) is 4.74 Å². The number of aryl methyl sites for hydroxylation is 1. The van der Waals surface area contributed by atoms with E-state index in [4.69, 9.17) is 5.26 Å². The van der Waals surface area contributed by atoms with Crippen LogP contribution in [0.4, 0.5) is 18.9 Å². The van der Waals surface area contributed by atoms with Gasteiger partial charge in [0.2, 0.25) is 0 Å². The van der Waals surface area contributed by atoms with Crippen molar-refractivity contribution in [3.05, 3.63) is 58.9 Å². The molecule has 7 heteroatoms. The van der Waals surface area contributed by atoms with Crippen LogP contribution in [-0.2, 0) is 17.8 Å². The first-order chi connectivity index (χ1) is 11.9. The zero-order valence-corrected chi connectivity index (χ0v) is 13.2. The number of alkyl halides is 2. The molecule has 0 saturated carbocycles. The fraction of sp³-hybridized carbons (Fsp3) is 0.222. The van der Waals surface area contributed by atoms with Crippen LogP contribution in [0.5, 0.6) is 5.75 Å². The second kappa shape index (κ2) is 6.13. The maximum absolute atomic E-state index is 14.0. The van der Waals surface area contributed by atoms with Gasteiger partial charge in [-0.05, 0) is 41.8 Å². The van der Waals surface area contributed by atoms with Gasteiger partial charge in [0.25, 0.3) is 0 Å². The Morgan fingerprint density at radius 1 is 1.28 bits per heavy atom. The minimum absolute atomic E-state index is 0.0463. The van der Waals surface area contributed by atoms with Crippen molar-refractivity contribution in [2.24, 2.45) is 0 Å². The molecular formula is C18H13F3N2O2. The second-order valence-electron chi connectivity index (χ2n) is 5.59. The molecule has 0 atom stereocenters. The fourth-order valence-electron chi connectivity index (χ4n) is 2.76. The van der Waals surface area contributed by atoms with Crippen LogP contribution in [0, 0.1) is 17.1 Å². The Kier molecular flexibility index (Phi) is 4.13. The van der Waals surface area contributed by atoms with Gasteiger partial charge in [0.05, 0.1) is 23.9 Å². The number of para-hydroxylation sites is 1. The molecule has 0 bridgehead atoms. The van der Waals surface area contributed by atoms with Crippen molar-refractivity contribution in [3.63, 3.8) is 0 Å². The van der Waals surface area contributed by atoms with Crippen molar-refractivity contribution in [1.82, 2.24) is 0 Å². The lowest BCUT2D eigenvalue weighted by Crippen LogP contribution is -2.50. The molecule has 128 valence electrons. The van der Waals surface area contributed by atoms with E-state index >= 15 is 0 Å². The average Bonchev–Trinajstić information content (AvgIpc) is 2.57. The number of benzene rings is 2. The Morgan fingerprint density at radius 3 is 2.72 bits per heavy atom. The molecule has 1 amide bonds.